The van der Waals surface area contributed by atoms with Crippen molar-refractivity contribution >= 4 is 29.1 Å². The van der Waals surface area contributed by atoms with Crippen LogP contribution in [0.4, 0.5) is 10.1 Å². The lowest BCUT2D eigenvalue weighted by atomic mass is 9.89. The molecular formula is C29H24FNS. The largest absolute Gasteiger partial charge is 0.205 e. The molecule has 0 aliphatic heterocycles. The summed E-state index contributed by atoms with van der Waals surface area (Å²) in [5, 5.41) is 2.21. The number of aryl methyl sites for hydroxylation is 2. The number of hydrogen-bond donors (Lipinski definition) is 0. The minimum atomic E-state index is -0.395. The summed E-state index contributed by atoms with van der Waals surface area (Å²) < 4.78 is 14.2. The van der Waals surface area contributed by atoms with Crippen LogP contribution in [0.2, 0.25) is 0 Å². The van der Waals surface area contributed by atoms with Crippen molar-refractivity contribution in [2.24, 2.45) is 4.99 Å². The smallest absolute Gasteiger partial charge is 0.150 e. The van der Waals surface area contributed by atoms with E-state index in [-0.39, 0.29) is 5.69 Å². The SMILES string of the molecule is CCCCc1ccc(C#CC2=Cc3ccc(-c4ccc(N=C=S)c(F)c4)cc3CC2)cc1. The topological polar surface area (TPSA) is 12.4 Å². The van der Waals surface area contributed by atoms with Crippen LogP contribution in [0.3, 0.4) is 0 Å². The van der Waals surface area contributed by atoms with Gasteiger partial charge >= 0.3 is 0 Å². The van der Waals surface area contributed by atoms with Gasteiger partial charge in [0.15, 0.2) is 0 Å². The highest BCUT2D eigenvalue weighted by Gasteiger charge is 2.12. The number of fused-ring (bicyclic) bond motifs is 1. The number of isothiocyanates is 1. The maximum atomic E-state index is 14.2. The summed E-state index contributed by atoms with van der Waals surface area (Å²) in [4.78, 5) is 3.74. The van der Waals surface area contributed by atoms with Crippen molar-refractivity contribution in [2.75, 3.05) is 0 Å². The molecule has 0 heterocycles. The van der Waals surface area contributed by atoms with E-state index in [9.17, 15) is 4.39 Å². The van der Waals surface area contributed by atoms with E-state index < -0.39 is 5.82 Å². The van der Waals surface area contributed by atoms with Gasteiger partial charge in [-0.15, -0.1) is 0 Å². The molecule has 0 amide bonds. The molecule has 1 nitrogen and oxygen atoms in total. The van der Waals surface area contributed by atoms with E-state index in [4.69, 9.17) is 0 Å². The van der Waals surface area contributed by atoms with Crippen LogP contribution in [0.15, 0.2) is 71.2 Å². The summed E-state index contributed by atoms with van der Waals surface area (Å²) in [5.41, 5.74) is 8.04. The molecule has 0 bridgehead atoms. The number of nitrogens with zero attached hydrogens (tertiary/aromatic N) is 1. The first-order valence-corrected chi connectivity index (χ1v) is 11.4. The Labute approximate surface area is 194 Å². The Morgan fingerprint density at radius 3 is 2.47 bits per heavy atom. The number of aliphatic imine (C=N–C) groups is 1. The van der Waals surface area contributed by atoms with Gasteiger partial charge in [-0.3, -0.25) is 0 Å². The average Bonchev–Trinajstić information content (AvgIpc) is 2.83. The molecule has 1 aliphatic carbocycles. The molecule has 1 aliphatic rings. The zero-order valence-electron chi connectivity index (χ0n) is 18.1. The second-order valence-electron chi connectivity index (χ2n) is 8.00. The van der Waals surface area contributed by atoms with Crippen molar-refractivity contribution in [1.82, 2.24) is 0 Å². The Balaban J connectivity index is 1.51. The first-order chi connectivity index (χ1) is 15.7. The first-order valence-electron chi connectivity index (χ1n) is 11.0. The first kappa shape index (κ1) is 21.9. The molecule has 0 saturated carbocycles. The van der Waals surface area contributed by atoms with Crippen molar-refractivity contribution in [3.05, 3.63) is 94.3 Å². The zero-order chi connectivity index (χ0) is 22.3. The Hall–Kier alpha value is -3.31. The van der Waals surface area contributed by atoms with Crippen molar-refractivity contribution in [2.45, 2.75) is 39.0 Å². The van der Waals surface area contributed by atoms with Gasteiger partial charge in [-0.05, 0) is 96.1 Å². The van der Waals surface area contributed by atoms with Crippen LogP contribution < -0.4 is 0 Å². The summed E-state index contributed by atoms with van der Waals surface area (Å²) in [6.07, 6.45) is 7.58. The van der Waals surface area contributed by atoms with Crippen molar-refractivity contribution in [3.63, 3.8) is 0 Å². The van der Waals surface area contributed by atoms with E-state index in [1.54, 1.807) is 6.07 Å². The van der Waals surface area contributed by atoms with Crippen LogP contribution in [0, 0.1) is 17.7 Å². The molecule has 0 atom stereocenters. The van der Waals surface area contributed by atoms with Crippen LogP contribution in [0.5, 0.6) is 0 Å². The highest BCUT2D eigenvalue weighted by Crippen LogP contribution is 2.31. The Morgan fingerprint density at radius 1 is 0.938 bits per heavy atom. The van der Waals surface area contributed by atoms with Gasteiger partial charge in [-0.2, -0.15) is 4.99 Å². The van der Waals surface area contributed by atoms with Crippen LogP contribution in [0.25, 0.3) is 17.2 Å². The van der Waals surface area contributed by atoms with Gasteiger partial charge in [0.05, 0.1) is 5.16 Å². The van der Waals surface area contributed by atoms with Gasteiger partial charge in [-0.25, -0.2) is 4.39 Å². The second-order valence-corrected chi connectivity index (χ2v) is 8.19. The summed E-state index contributed by atoms with van der Waals surface area (Å²) in [7, 11) is 0. The van der Waals surface area contributed by atoms with Gasteiger partial charge in [-0.1, -0.05) is 61.6 Å². The summed E-state index contributed by atoms with van der Waals surface area (Å²) >= 11 is 4.56. The molecule has 0 radical (unpaired) electrons. The highest BCUT2D eigenvalue weighted by molar-refractivity contribution is 7.78. The van der Waals surface area contributed by atoms with E-state index in [1.165, 1.54) is 35.6 Å². The zero-order valence-corrected chi connectivity index (χ0v) is 18.9. The Kier molecular flexibility index (Phi) is 7.07. The molecule has 0 unspecified atom stereocenters. The number of halogens is 1. The molecule has 3 aromatic rings. The van der Waals surface area contributed by atoms with Crippen LogP contribution in [-0.4, -0.2) is 5.16 Å². The van der Waals surface area contributed by atoms with E-state index in [0.29, 0.717) is 0 Å². The Bertz CT molecular complexity index is 1270. The molecule has 0 spiro atoms. The van der Waals surface area contributed by atoms with E-state index in [0.717, 1.165) is 41.5 Å². The number of allylic oxidation sites excluding steroid dienone is 1. The molecule has 0 N–H and O–H groups in total. The highest BCUT2D eigenvalue weighted by atomic mass is 32.1. The molecule has 3 heteroatoms. The lowest BCUT2D eigenvalue weighted by Crippen LogP contribution is -1.99. The van der Waals surface area contributed by atoms with E-state index in [2.05, 4.69) is 83.6 Å². The molecular weight excluding hydrogens is 413 g/mol. The normalized spacial score (nSPS) is 12.1. The van der Waals surface area contributed by atoms with Crippen molar-refractivity contribution in [3.8, 4) is 23.0 Å². The lowest BCUT2D eigenvalue weighted by molar-refractivity contribution is 0.630. The van der Waals surface area contributed by atoms with Crippen molar-refractivity contribution < 1.29 is 4.39 Å². The standard InChI is InChI=1S/C29H24FNS/c1-2-3-4-21-5-7-22(8-6-21)9-10-23-11-12-25-18-26(14-13-24(25)17-23)27-15-16-29(31-20-32)28(30)19-27/h5-8,13-19H,2-4,11-12H2,1H3. The lowest BCUT2D eigenvalue weighted by Gasteiger charge is -2.15. The van der Waals surface area contributed by atoms with Gasteiger partial charge < -0.3 is 0 Å². The van der Waals surface area contributed by atoms with Crippen LogP contribution in [0.1, 0.15) is 48.4 Å². The summed E-state index contributed by atoms with van der Waals surface area (Å²) in [6.45, 7) is 2.21. The summed E-state index contributed by atoms with van der Waals surface area (Å²) in [5.74, 6) is 6.26. The fourth-order valence-corrected chi connectivity index (χ4v) is 3.98. The van der Waals surface area contributed by atoms with E-state index >= 15 is 0 Å². The minimum Gasteiger partial charge on any atom is -0.205 e. The monoisotopic (exact) mass is 437 g/mol. The third-order valence-corrected chi connectivity index (χ3v) is 5.82. The number of benzene rings is 3. The van der Waals surface area contributed by atoms with Crippen molar-refractivity contribution in [1.29, 1.82) is 0 Å². The fraction of sp³-hybridized carbons (Fsp3) is 0.207. The molecule has 0 aromatic heterocycles. The second kappa shape index (κ2) is 10.3. The predicted molar refractivity (Wildman–Crippen MR) is 135 cm³/mol. The molecule has 32 heavy (non-hydrogen) atoms. The van der Waals surface area contributed by atoms with Gasteiger partial charge in [0.2, 0.25) is 0 Å². The summed E-state index contributed by atoms with van der Waals surface area (Å²) in [6, 6.07) is 19.8. The average molecular weight is 438 g/mol. The molecule has 0 saturated heterocycles. The maximum Gasteiger partial charge on any atom is 0.150 e. The maximum absolute atomic E-state index is 14.2. The Morgan fingerprint density at radius 2 is 1.72 bits per heavy atom. The third kappa shape index (κ3) is 5.29. The number of rotatable bonds is 5. The molecule has 3 aromatic carbocycles. The molecule has 4 rings (SSSR count). The molecule has 0 fully saturated rings. The number of hydrogen-bond acceptors (Lipinski definition) is 2. The quantitative estimate of drug-likeness (QED) is 0.224. The van der Waals surface area contributed by atoms with Gasteiger partial charge in [0.25, 0.3) is 0 Å². The fourth-order valence-electron chi connectivity index (χ4n) is 3.88. The number of thiocarbonyl (C=S) groups is 1. The van der Waals surface area contributed by atoms with Crippen LogP contribution >= 0.6 is 12.2 Å². The predicted octanol–water partition coefficient (Wildman–Crippen LogP) is 7.95. The van der Waals surface area contributed by atoms with Gasteiger partial charge in [0, 0.05) is 11.1 Å². The van der Waals surface area contributed by atoms with Gasteiger partial charge in [0.1, 0.15) is 11.5 Å². The van der Waals surface area contributed by atoms with Crippen LogP contribution in [-0.2, 0) is 12.8 Å². The molecule has 158 valence electrons. The third-order valence-electron chi connectivity index (χ3n) is 5.72. The van der Waals surface area contributed by atoms with E-state index in [1.807, 2.05) is 12.1 Å². The number of unbranched alkanes of at least 4 members (excludes halogenated alkanes) is 1. The minimum absolute atomic E-state index is 0.212.